The maximum Gasteiger partial charge on any atom is 0.269 e. The van der Waals surface area contributed by atoms with E-state index in [-0.39, 0.29) is 31.2 Å². The van der Waals surface area contributed by atoms with Gasteiger partial charge in [-0.25, -0.2) is 4.68 Å². The van der Waals surface area contributed by atoms with Crippen LogP contribution in [0.15, 0.2) is 17.1 Å². The van der Waals surface area contributed by atoms with Gasteiger partial charge in [-0.05, 0) is 0 Å². The Morgan fingerprint density at radius 3 is 2.82 bits per heavy atom. The molecule has 0 aliphatic carbocycles. The number of carbonyl (C=O) groups excluding carboxylic acids is 1. The quantitative estimate of drug-likeness (QED) is 0.648. The van der Waals surface area contributed by atoms with Crippen molar-refractivity contribution < 1.29 is 9.90 Å². The van der Waals surface area contributed by atoms with Crippen LogP contribution >= 0.6 is 0 Å². The number of carbonyl (C=O) groups is 1. The van der Waals surface area contributed by atoms with E-state index in [1.807, 2.05) is 0 Å². The van der Waals surface area contributed by atoms with Crippen molar-refractivity contribution in [3.63, 3.8) is 0 Å². The van der Waals surface area contributed by atoms with Crippen molar-refractivity contribution in [2.75, 3.05) is 32.1 Å². The van der Waals surface area contributed by atoms with Gasteiger partial charge in [0.2, 0.25) is 5.91 Å². The molecular formula is C10H16N4O3. The number of amides is 1. The van der Waals surface area contributed by atoms with Crippen LogP contribution in [0.25, 0.3) is 0 Å². The lowest BCUT2D eigenvalue weighted by atomic mass is 10.4. The van der Waals surface area contributed by atoms with Gasteiger partial charge in [-0.3, -0.25) is 9.59 Å². The van der Waals surface area contributed by atoms with E-state index in [0.717, 1.165) is 4.68 Å². The van der Waals surface area contributed by atoms with Gasteiger partial charge >= 0.3 is 0 Å². The molecule has 1 aromatic heterocycles. The second-order valence-corrected chi connectivity index (χ2v) is 3.68. The molecule has 1 aromatic rings. The van der Waals surface area contributed by atoms with Crippen molar-refractivity contribution in [2.45, 2.75) is 6.54 Å². The standard InChI is InChI=1S/C10H16N4O3/c1-13(2)8-5-10(17)14(12-6-8)7-9(16)11-3-4-15/h5-6,15H,3-4,7H2,1-2H3,(H,11,16). The number of nitrogens with one attached hydrogen (secondary N) is 1. The average molecular weight is 240 g/mol. The van der Waals surface area contributed by atoms with Crippen molar-refractivity contribution >= 4 is 11.6 Å². The monoisotopic (exact) mass is 240 g/mol. The first kappa shape index (κ1) is 13.2. The fourth-order valence-corrected chi connectivity index (χ4v) is 1.17. The zero-order valence-electron chi connectivity index (χ0n) is 9.88. The van der Waals surface area contributed by atoms with E-state index in [1.165, 1.54) is 12.3 Å². The molecule has 2 N–H and O–H groups in total. The minimum absolute atomic E-state index is 0.131. The van der Waals surface area contributed by atoms with E-state index >= 15 is 0 Å². The summed E-state index contributed by atoms with van der Waals surface area (Å²) in [6.45, 7) is -0.108. The van der Waals surface area contributed by atoms with Gasteiger partial charge < -0.3 is 15.3 Å². The van der Waals surface area contributed by atoms with E-state index < -0.39 is 0 Å². The van der Waals surface area contributed by atoms with Crippen LogP contribution in [0.2, 0.25) is 0 Å². The first-order valence-electron chi connectivity index (χ1n) is 5.16. The van der Waals surface area contributed by atoms with Gasteiger partial charge in [-0.2, -0.15) is 5.10 Å². The molecule has 0 bridgehead atoms. The number of aliphatic hydroxyl groups is 1. The van der Waals surface area contributed by atoms with Crippen molar-refractivity contribution in [3.05, 3.63) is 22.6 Å². The smallest absolute Gasteiger partial charge is 0.269 e. The Labute approximate surface area is 98.7 Å². The lowest BCUT2D eigenvalue weighted by Gasteiger charge is -2.12. The highest BCUT2D eigenvalue weighted by molar-refractivity contribution is 5.75. The maximum absolute atomic E-state index is 11.6. The summed E-state index contributed by atoms with van der Waals surface area (Å²) < 4.78 is 1.07. The summed E-state index contributed by atoms with van der Waals surface area (Å²) in [6, 6.07) is 1.41. The molecule has 0 fully saturated rings. The van der Waals surface area contributed by atoms with Crippen LogP contribution < -0.4 is 15.8 Å². The highest BCUT2D eigenvalue weighted by atomic mass is 16.3. The number of nitrogens with zero attached hydrogens (tertiary/aromatic N) is 3. The van der Waals surface area contributed by atoms with Crippen LogP contribution in [0, 0.1) is 0 Å². The fraction of sp³-hybridized carbons (Fsp3) is 0.500. The van der Waals surface area contributed by atoms with E-state index in [9.17, 15) is 9.59 Å². The predicted molar refractivity (Wildman–Crippen MR) is 62.9 cm³/mol. The first-order valence-corrected chi connectivity index (χ1v) is 5.16. The first-order chi connectivity index (χ1) is 8.04. The Bertz CT molecular complexity index is 441. The Hall–Kier alpha value is -1.89. The molecule has 0 atom stereocenters. The van der Waals surface area contributed by atoms with Crippen LogP contribution in [0.3, 0.4) is 0 Å². The molecule has 7 nitrogen and oxygen atoms in total. The van der Waals surface area contributed by atoms with E-state index in [2.05, 4.69) is 10.4 Å². The van der Waals surface area contributed by atoms with Crippen molar-refractivity contribution in [1.82, 2.24) is 15.1 Å². The SMILES string of the molecule is CN(C)c1cnn(CC(=O)NCCO)c(=O)c1. The molecule has 0 aliphatic heterocycles. The number of rotatable bonds is 5. The fourth-order valence-electron chi connectivity index (χ4n) is 1.17. The van der Waals surface area contributed by atoms with Crippen molar-refractivity contribution in [1.29, 1.82) is 0 Å². The van der Waals surface area contributed by atoms with Gasteiger partial charge in [0.15, 0.2) is 0 Å². The Morgan fingerprint density at radius 2 is 2.29 bits per heavy atom. The highest BCUT2D eigenvalue weighted by Crippen LogP contribution is 2.02. The van der Waals surface area contributed by atoms with E-state index in [0.29, 0.717) is 5.69 Å². The van der Waals surface area contributed by atoms with Gasteiger partial charge in [-0.1, -0.05) is 0 Å². The normalized spacial score (nSPS) is 10.1. The lowest BCUT2D eigenvalue weighted by Crippen LogP contribution is -2.35. The third-order valence-corrected chi connectivity index (χ3v) is 2.10. The third-order valence-electron chi connectivity index (χ3n) is 2.10. The van der Waals surface area contributed by atoms with Crippen LogP contribution in [-0.4, -0.2) is 48.0 Å². The van der Waals surface area contributed by atoms with Crippen LogP contribution in [-0.2, 0) is 11.3 Å². The summed E-state index contributed by atoms with van der Waals surface area (Å²) in [5.74, 6) is -0.355. The topological polar surface area (TPSA) is 87.5 Å². The van der Waals surface area contributed by atoms with Gasteiger partial charge in [0, 0.05) is 26.7 Å². The summed E-state index contributed by atoms with van der Waals surface area (Å²) >= 11 is 0. The minimum Gasteiger partial charge on any atom is -0.395 e. The molecule has 17 heavy (non-hydrogen) atoms. The molecule has 1 heterocycles. The summed E-state index contributed by atoms with van der Waals surface area (Å²) in [5.41, 5.74) is 0.345. The number of aromatic nitrogens is 2. The molecule has 0 saturated heterocycles. The summed E-state index contributed by atoms with van der Waals surface area (Å²) in [6.07, 6.45) is 1.51. The maximum atomic E-state index is 11.6. The van der Waals surface area contributed by atoms with Crippen molar-refractivity contribution in [3.8, 4) is 0 Å². The number of hydrogen-bond acceptors (Lipinski definition) is 5. The van der Waals surface area contributed by atoms with Gasteiger partial charge in [0.25, 0.3) is 5.56 Å². The second kappa shape index (κ2) is 6.00. The summed E-state index contributed by atoms with van der Waals surface area (Å²) in [5, 5.41) is 14.9. The van der Waals surface area contributed by atoms with Gasteiger partial charge in [0.1, 0.15) is 6.54 Å². The average Bonchev–Trinajstić information content (AvgIpc) is 2.28. The van der Waals surface area contributed by atoms with Gasteiger partial charge in [0.05, 0.1) is 18.5 Å². The molecule has 0 saturated carbocycles. The molecular weight excluding hydrogens is 224 g/mol. The number of aliphatic hydroxyl groups excluding tert-OH is 1. The molecule has 1 amide bonds. The van der Waals surface area contributed by atoms with Crippen LogP contribution in [0.1, 0.15) is 0 Å². The van der Waals surface area contributed by atoms with Crippen molar-refractivity contribution in [2.24, 2.45) is 0 Å². The largest absolute Gasteiger partial charge is 0.395 e. The Kier molecular flexibility index (Phi) is 4.65. The second-order valence-electron chi connectivity index (χ2n) is 3.68. The minimum atomic E-state index is -0.355. The molecule has 0 aromatic carbocycles. The van der Waals surface area contributed by atoms with Crippen LogP contribution in [0.5, 0.6) is 0 Å². The molecule has 0 unspecified atom stereocenters. The van der Waals surface area contributed by atoms with E-state index in [4.69, 9.17) is 5.11 Å². The number of hydrogen-bond donors (Lipinski definition) is 2. The Morgan fingerprint density at radius 1 is 1.59 bits per heavy atom. The zero-order chi connectivity index (χ0) is 12.8. The molecule has 0 spiro atoms. The van der Waals surface area contributed by atoms with E-state index in [1.54, 1.807) is 19.0 Å². The summed E-state index contributed by atoms with van der Waals surface area (Å²) in [4.78, 5) is 24.7. The summed E-state index contributed by atoms with van der Waals surface area (Å²) in [7, 11) is 3.60. The third kappa shape index (κ3) is 3.87. The molecule has 1 rings (SSSR count). The van der Waals surface area contributed by atoms with Gasteiger partial charge in [-0.15, -0.1) is 0 Å². The highest BCUT2D eigenvalue weighted by Gasteiger charge is 2.06. The molecule has 0 aliphatic rings. The lowest BCUT2D eigenvalue weighted by molar-refractivity contribution is -0.122. The molecule has 0 radical (unpaired) electrons. The number of anilines is 1. The predicted octanol–water partition coefficient (Wildman–Crippen LogP) is -1.58. The molecule has 7 heteroatoms. The Balaban J connectivity index is 2.73. The van der Waals surface area contributed by atoms with Crippen LogP contribution in [0.4, 0.5) is 5.69 Å². The zero-order valence-corrected chi connectivity index (χ0v) is 9.88. The molecule has 94 valence electrons.